The summed E-state index contributed by atoms with van der Waals surface area (Å²) in [7, 11) is -3.73. The highest BCUT2D eigenvalue weighted by molar-refractivity contribution is 7.90. The summed E-state index contributed by atoms with van der Waals surface area (Å²) in [6, 6.07) is 22.2. The van der Waals surface area contributed by atoms with Crippen molar-refractivity contribution in [3.8, 4) is 0 Å². The fourth-order valence-corrected chi connectivity index (χ4v) is 4.84. The van der Waals surface area contributed by atoms with Crippen LogP contribution in [0.2, 0.25) is 0 Å². The third-order valence-corrected chi connectivity index (χ3v) is 6.86. The molecule has 1 aromatic heterocycles. The Bertz CT molecular complexity index is 1330. The Morgan fingerprint density at radius 1 is 1.00 bits per heavy atom. The molecule has 1 heterocycles. The van der Waals surface area contributed by atoms with Gasteiger partial charge in [0.15, 0.2) is 0 Å². The highest BCUT2D eigenvalue weighted by Gasteiger charge is 2.20. The van der Waals surface area contributed by atoms with E-state index in [-0.39, 0.29) is 4.90 Å². The van der Waals surface area contributed by atoms with Crippen LogP contribution in [0.1, 0.15) is 11.1 Å². The Morgan fingerprint density at radius 3 is 2.39 bits per heavy atom. The summed E-state index contributed by atoms with van der Waals surface area (Å²) >= 11 is 0. The number of rotatable bonds is 7. The second-order valence-electron chi connectivity index (χ2n) is 7.43. The van der Waals surface area contributed by atoms with Crippen LogP contribution in [0.15, 0.2) is 90.0 Å². The van der Waals surface area contributed by atoms with E-state index in [9.17, 15) is 18.3 Å². The Labute approximate surface area is 180 Å². The van der Waals surface area contributed by atoms with Gasteiger partial charge >= 0.3 is 5.97 Å². The molecule has 0 aliphatic carbocycles. The summed E-state index contributed by atoms with van der Waals surface area (Å²) in [6.07, 6.45) is 1.85. The van der Waals surface area contributed by atoms with Crippen LogP contribution >= 0.6 is 0 Å². The van der Waals surface area contributed by atoms with Crippen molar-refractivity contribution in [2.45, 2.75) is 24.3 Å². The number of aliphatic carboxylic acids is 1. The molecule has 158 valence electrons. The Kier molecular flexibility index (Phi) is 5.52. The van der Waals surface area contributed by atoms with Crippen LogP contribution in [-0.4, -0.2) is 29.5 Å². The number of carbonyl (C=O) groups is 1. The molecule has 4 aromatic rings. The number of nitrogens with one attached hydrogen (secondary N) is 1. The molecule has 2 N–H and O–H groups in total. The summed E-state index contributed by atoms with van der Waals surface area (Å²) in [5.41, 5.74) is 3.04. The van der Waals surface area contributed by atoms with Crippen molar-refractivity contribution >= 4 is 32.6 Å². The van der Waals surface area contributed by atoms with E-state index >= 15 is 0 Å². The Balaban J connectivity index is 1.62. The van der Waals surface area contributed by atoms with Crippen molar-refractivity contribution in [1.82, 2.24) is 3.97 Å². The molecule has 0 saturated carbocycles. The molecule has 1 atom stereocenters. The zero-order chi connectivity index (χ0) is 22.0. The number of benzene rings is 3. The molecule has 0 fully saturated rings. The van der Waals surface area contributed by atoms with Gasteiger partial charge in [0, 0.05) is 23.7 Å². The van der Waals surface area contributed by atoms with Gasteiger partial charge in [-0.15, -0.1) is 0 Å². The van der Waals surface area contributed by atoms with Gasteiger partial charge in [-0.1, -0.05) is 48.0 Å². The lowest BCUT2D eigenvalue weighted by Gasteiger charge is -2.16. The second kappa shape index (κ2) is 8.28. The minimum atomic E-state index is -3.73. The van der Waals surface area contributed by atoms with E-state index in [0.717, 1.165) is 11.1 Å². The van der Waals surface area contributed by atoms with Crippen LogP contribution in [0.5, 0.6) is 0 Å². The zero-order valence-corrected chi connectivity index (χ0v) is 17.7. The maximum absolute atomic E-state index is 13.0. The molecule has 0 bridgehead atoms. The van der Waals surface area contributed by atoms with Crippen molar-refractivity contribution in [2.75, 3.05) is 5.32 Å². The number of fused-ring (bicyclic) bond motifs is 1. The lowest BCUT2D eigenvalue weighted by atomic mass is 10.1. The van der Waals surface area contributed by atoms with Crippen molar-refractivity contribution < 1.29 is 18.3 Å². The molecule has 0 unspecified atom stereocenters. The van der Waals surface area contributed by atoms with Gasteiger partial charge in [-0.3, -0.25) is 0 Å². The molecule has 7 heteroatoms. The van der Waals surface area contributed by atoms with Gasteiger partial charge in [0.1, 0.15) is 6.04 Å². The first-order valence-corrected chi connectivity index (χ1v) is 11.3. The van der Waals surface area contributed by atoms with Crippen LogP contribution in [0.25, 0.3) is 10.9 Å². The molecular weight excluding hydrogens is 412 g/mol. The molecule has 0 aliphatic heterocycles. The minimum Gasteiger partial charge on any atom is -0.480 e. The van der Waals surface area contributed by atoms with Crippen molar-refractivity contribution in [3.05, 3.63) is 96.2 Å². The van der Waals surface area contributed by atoms with Gasteiger partial charge in [-0.25, -0.2) is 17.2 Å². The van der Waals surface area contributed by atoms with Crippen LogP contribution in [0.3, 0.4) is 0 Å². The SMILES string of the molecule is Cc1ccc(S(=O)(=O)n2ccc3cc(N[C@@H](Cc4ccccc4)C(=O)O)ccc32)cc1. The Morgan fingerprint density at radius 2 is 1.71 bits per heavy atom. The molecule has 6 nitrogen and oxygen atoms in total. The predicted octanol–water partition coefficient (Wildman–Crippen LogP) is 4.29. The zero-order valence-electron chi connectivity index (χ0n) is 16.9. The maximum Gasteiger partial charge on any atom is 0.326 e. The summed E-state index contributed by atoms with van der Waals surface area (Å²) in [6.45, 7) is 1.90. The minimum absolute atomic E-state index is 0.214. The lowest BCUT2D eigenvalue weighted by molar-refractivity contribution is -0.137. The largest absolute Gasteiger partial charge is 0.480 e. The van der Waals surface area contributed by atoms with Gasteiger partial charge in [-0.2, -0.15) is 0 Å². The maximum atomic E-state index is 13.0. The third kappa shape index (κ3) is 4.32. The van der Waals surface area contributed by atoms with Crippen molar-refractivity contribution in [2.24, 2.45) is 0 Å². The highest BCUT2D eigenvalue weighted by Crippen LogP contribution is 2.25. The Hall–Kier alpha value is -3.58. The van der Waals surface area contributed by atoms with Crippen LogP contribution in [0.4, 0.5) is 5.69 Å². The first-order valence-electron chi connectivity index (χ1n) is 9.81. The highest BCUT2D eigenvalue weighted by atomic mass is 32.2. The van der Waals surface area contributed by atoms with E-state index in [4.69, 9.17) is 0 Å². The predicted molar refractivity (Wildman–Crippen MR) is 121 cm³/mol. The second-order valence-corrected chi connectivity index (χ2v) is 9.24. The third-order valence-electron chi connectivity index (χ3n) is 5.15. The van der Waals surface area contributed by atoms with Gasteiger partial charge < -0.3 is 10.4 Å². The number of anilines is 1. The molecular formula is C24H22N2O4S. The molecule has 0 saturated heterocycles. The summed E-state index contributed by atoms with van der Waals surface area (Å²) in [5, 5.41) is 13.4. The van der Waals surface area contributed by atoms with Crippen molar-refractivity contribution in [1.29, 1.82) is 0 Å². The molecule has 3 aromatic carbocycles. The fraction of sp³-hybridized carbons (Fsp3) is 0.125. The molecule has 0 amide bonds. The number of hydrogen-bond donors (Lipinski definition) is 2. The van der Waals surface area contributed by atoms with E-state index in [0.29, 0.717) is 23.0 Å². The van der Waals surface area contributed by atoms with E-state index in [1.807, 2.05) is 37.3 Å². The molecule has 0 spiro atoms. The standard InChI is InChI=1S/C24H22N2O4S/c1-17-7-10-21(11-8-17)31(29,30)26-14-13-19-16-20(9-12-23(19)26)25-22(24(27)28)15-18-5-3-2-4-6-18/h2-14,16,22,25H,15H2,1H3,(H,27,28)/t22-/m0/s1. The van der Waals surface area contributed by atoms with Gasteiger partial charge in [0.05, 0.1) is 10.4 Å². The van der Waals surface area contributed by atoms with Crippen LogP contribution in [0, 0.1) is 6.92 Å². The van der Waals surface area contributed by atoms with E-state index in [2.05, 4.69) is 5.32 Å². The monoisotopic (exact) mass is 434 g/mol. The summed E-state index contributed by atoms with van der Waals surface area (Å²) in [5.74, 6) is -0.955. The normalized spacial score (nSPS) is 12.5. The average molecular weight is 435 g/mol. The molecule has 31 heavy (non-hydrogen) atoms. The number of aromatic nitrogens is 1. The number of nitrogens with zero attached hydrogens (tertiary/aromatic N) is 1. The molecule has 0 radical (unpaired) electrons. The smallest absolute Gasteiger partial charge is 0.326 e. The average Bonchev–Trinajstić information content (AvgIpc) is 3.18. The van der Waals surface area contributed by atoms with E-state index in [1.54, 1.807) is 48.5 Å². The van der Waals surface area contributed by atoms with Gasteiger partial charge in [0.25, 0.3) is 10.0 Å². The summed E-state index contributed by atoms with van der Waals surface area (Å²) < 4.78 is 27.3. The first-order chi connectivity index (χ1) is 14.8. The van der Waals surface area contributed by atoms with Gasteiger partial charge in [0.2, 0.25) is 0 Å². The number of carboxylic acids is 1. The van der Waals surface area contributed by atoms with Gasteiger partial charge in [-0.05, 0) is 48.9 Å². The number of hydrogen-bond acceptors (Lipinski definition) is 4. The fourth-order valence-electron chi connectivity index (χ4n) is 3.49. The summed E-state index contributed by atoms with van der Waals surface area (Å²) in [4.78, 5) is 12.0. The van der Waals surface area contributed by atoms with Crippen molar-refractivity contribution in [3.63, 3.8) is 0 Å². The lowest BCUT2D eigenvalue weighted by Crippen LogP contribution is -2.31. The van der Waals surface area contributed by atoms with Crippen LogP contribution < -0.4 is 5.32 Å². The molecule has 0 aliphatic rings. The van der Waals surface area contributed by atoms with E-state index < -0.39 is 22.0 Å². The number of aryl methyl sites for hydroxylation is 1. The quantitative estimate of drug-likeness (QED) is 0.453. The molecule has 4 rings (SSSR count). The topological polar surface area (TPSA) is 88.4 Å². The number of carboxylic acid groups (broad SMARTS) is 1. The first kappa shape index (κ1) is 20.7. The van der Waals surface area contributed by atoms with E-state index in [1.165, 1.54) is 10.2 Å². The van der Waals surface area contributed by atoms with Crippen LogP contribution in [-0.2, 0) is 21.2 Å².